The van der Waals surface area contributed by atoms with Gasteiger partial charge >= 0.3 is 0 Å². The van der Waals surface area contributed by atoms with Gasteiger partial charge in [0.1, 0.15) is 5.75 Å². The predicted octanol–water partition coefficient (Wildman–Crippen LogP) is 4.37. The number of carbonyl (C=O) groups is 1. The summed E-state index contributed by atoms with van der Waals surface area (Å²) in [5.41, 5.74) is 6.60. The Bertz CT molecular complexity index is 918. The van der Waals surface area contributed by atoms with Crippen LogP contribution in [0.1, 0.15) is 62.9 Å². The molecule has 8 nitrogen and oxygen atoms in total. The molecule has 0 heterocycles. The molecule has 0 aliphatic carbocycles. The zero-order chi connectivity index (χ0) is 24.4. The van der Waals surface area contributed by atoms with E-state index in [0.717, 1.165) is 19.3 Å². The highest BCUT2D eigenvalue weighted by Crippen LogP contribution is 2.28. The number of rotatable bonds is 12. The van der Waals surface area contributed by atoms with Crippen LogP contribution in [0.15, 0.2) is 47.6 Å². The molecule has 2 aromatic carbocycles. The Balaban J connectivity index is 1.72. The topological polar surface area (TPSA) is 118 Å². The number of aromatic hydroxyl groups is 1. The second-order valence-electron chi connectivity index (χ2n) is 8.35. The van der Waals surface area contributed by atoms with Crippen LogP contribution in [0.25, 0.3) is 0 Å². The summed E-state index contributed by atoms with van der Waals surface area (Å²) < 4.78 is 11.4. The molecular formula is C25H35N3O5. The fourth-order valence-electron chi connectivity index (χ4n) is 3.52. The maximum atomic E-state index is 12.8. The van der Waals surface area contributed by atoms with Crippen LogP contribution >= 0.6 is 0 Å². The average molecular weight is 458 g/mol. The highest BCUT2D eigenvalue weighted by Gasteiger charge is 2.22. The molecule has 8 heteroatoms. The van der Waals surface area contributed by atoms with Crippen molar-refractivity contribution in [2.75, 3.05) is 13.2 Å². The summed E-state index contributed by atoms with van der Waals surface area (Å²) in [6, 6.07) is 11.9. The molecule has 2 aromatic rings. The molecule has 33 heavy (non-hydrogen) atoms. The van der Waals surface area contributed by atoms with Gasteiger partial charge in [-0.1, -0.05) is 5.16 Å². The van der Waals surface area contributed by atoms with Crippen LogP contribution in [-0.2, 0) is 0 Å². The normalized spacial score (nSPS) is 11.6. The van der Waals surface area contributed by atoms with Crippen LogP contribution in [0, 0.1) is 0 Å². The quantitative estimate of drug-likeness (QED) is 0.143. The van der Waals surface area contributed by atoms with Gasteiger partial charge in [0.2, 0.25) is 0 Å². The van der Waals surface area contributed by atoms with E-state index in [-0.39, 0.29) is 29.6 Å². The number of hydrogen-bond acceptors (Lipinski definition) is 6. The van der Waals surface area contributed by atoms with Crippen molar-refractivity contribution in [3.05, 3.63) is 53.6 Å². The number of unbranched alkanes of at least 4 members (excludes halogenated alkanes) is 2. The molecule has 0 atom stereocenters. The first kappa shape index (κ1) is 25.8. The number of ether oxygens (including phenoxy) is 2. The number of benzene rings is 2. The van der Waals surface area contributed by atoms with E-state index in [1.165, 1.54) is 6.07 Å². The Morgan fingerprint density at radius 3 is 2.06 bits per heavy atom. The van der Waals surface area contributed by atoms with Crippen LogP contribution in [0.5, 0.6) is 17.2 Å². The lowest BCUT2D eigenvalue weighted by Crippen LogP contribution is -2.42. The molecule has 4 N–H and O–H groups in total. The molecule has 180 valence electrons. The third-order valence-corrected chi connectivity index (χ3v) is 5.13. The molecule has 0 spiro atoms. The maximum absolute atomic E-state index is 12.8. The Labute approximate surface area is 195 Å². The SMILES string of the molecule is CC(C)N(C(=O)c1ccc(OCCCCCOc2ccc(/C(N)=N\O)cc2)c(O)c1)C(C)C. The summed E-state index contributed by atoms with van der Waals surface area (Å²) in [5.74, 6) is 0.999. The van der Waals surface area contributed by atoms with Crippen molar-refractivity contribution in [1.82, 2.24) is 4.90 Å². The van der Waals surface area contributed by atoms with Gasteiger partial charge in [0.05, 0.1) is 13.2 Å². The van der Waals surface area contributed by atoms with Gasteiger partial charge in [-0.25, -0.2) is 0 Å². The Morgan fingerprint density at radius 1 is 0.939 bits per heavy atom. The summed E-state index contributed by atoms with van der Waals surface area (Å²) in [7, 11) is 0. The standard InChI is InChI=1S/C25H35N3O5/c1-17(2)28(18(3)4)25(30)20-10-13-23(22(29)16-20)33-15-7-5-6-14-32-21-11-8-19(9-12-21)24(26)27-31/h8-13,16-18,29,31H,5-7,14-15H2,1-4H3,(H2,26,27). The van der Waals surface area contributed by atoms with Gasteiger partial charge in [0.15, 0.2) is 17.3 Å². The van der Waals surface area contributed by atoms with E-state index >= 15 is 0 Å². The van der Waals surface area contributed by atoms with Crippen molar-refractivity contribution in [3.63, 3.8) is 0 Å². The molecule has 0 bridgehead atoms. The molecule has 0 saturated heterocycles. The van der Waals surface area contributed by atoms with Crippen LogP contribution < -0.4 is 15.2 Å². The number of phenolic OH excluding ortho intramolecular Hbond substituents is 1. The molecular weight excluding hydrogens is 422 g/mol. The summed E-state index contributed by atoms with van der Waals surface area (Å²) in [4.78, 5) is 14.5. The molecule has 0 aliphatic rings. The van der Waals surface area contributed by atoms with E-state index < -0.39 is 0 Å². The first-order valence-electron chi connectivity index (χ1n) is 11.2. The van der Waals surface area contributed by atoms with Crippen LogP contribution in [0.4, 0.5) is 0 Å². The predicted molar refractivity (Wildman–Crippen MR) is 128 cm³/mol. The fourth-order valence-corrected chi connectivity index (χ4v) is 3.52. The minimum Gasteiger partial charge on any atom is -0.504 e. The number of amides is 1. The van der Waals surface area contributed by atoms with Crippen molar-refractivity contribution in [3.8, 4) is 17.2 Å². The molecule has 1 amide bonds. The van der Waals surface area contributed by atoms with Crippen molar-refractivity contribution in [2.45, 2.75) is 59.0 Å². The Hall–Kier alpha value is -3.42. The molecule has 0 fully saturated rings. The smallest absolute Gasteiger partial charge is 0.254 e. The van der Waals surface area contributed by atoms with Crippen molar-refractivity contribution in [2.24, 2.45) is 10.9 Å². The van der Waals surface area contributed by atoms with Gasteiger partial charge in [-0.15, -0.1) is 0 Å². The van der Waals surface area contributed by atoms with Crippen LogP contribution in [0.2, 0.25) is 0 Å². The second kappa shape index (κ2) is 12.6. The van der Waals surface area contributed by atoms with Gasteiger partial charge in [0.25, 0.3) is 5.91 Å². The van der Waals surface area contributed by atoms with E-state index in [9.17, 15) is 9.90 Å². The monoisotopic (exact) mass is 457 g/mol. The zero-order valence-electron chi connectivity index (χ0n) is 19.8. The molecule has 0 unspecified atom stereocenters. The number of nitrogens with zero attached hydrogens (tertiary/aromatic N) is 2. The number of carbonyl (C=O) groups excluding carboxylic acids is 1. The van der Waals surface area contributed by atoms with Crippen molar-refractivity contribution >= 4 is 11.7 Å². The maximum Gasteiger partial charge on any atom is 0.254 e. The minimum absolute atomic E-state index is 0.0352. The highest BCUT2D eigenvalue weighted by atomic mass is 16.5. The van der Waals surface area contributed by atoms with E-state index in [0.29, 0.717) is 35.8 Å². The summed E-state index contributed by atoms with van der Waals surface area (Å²) >= 11 is 0. The molecule has 2 rings (SSSR count). The van der Waals surface area contributed by atoms with E-state index in [1.54, 1.807) is 41.3 Å². The van der Waals surface area contributed by atoms with Gasteiger partial charge < -0.3 is 30.4 Å². The number of nitrogens with two attached hydrogens (primary N) is 1. The van der Waals surface area contributed by atoms with Gasteiger partial charge in [-0.3, -0.25) is 4.79 Å². The van der Waals surface area contributed by atoms with Crippen molar-refractivity contribution < 1.29 is 24.6 Å². The van der Waals surface area contributed by atoms with Crippen LogP contribution in [0.3, 0.4) is 0 Å². The van der Waals surface area contributed by atoms with Gasteiger partial charge in [0, 0.05) is 23.2 Å². The highest BCUT2D eigenvalue weighted by molar-refractivity contribution is 5.97. The average Bonchev–Trinajstić information content (AvgIpc) is 2.78. The lowest BCUT2D eigenvalue weighted by atomic mass is 10.1. The van der Waals surface area contributed by atoms with E-state index in [4.69, 9.17) is 20.4 Å². The minimum atomic E-state index is -0.110. The molecule has 0 aliphatic heterocycles. The zero-order valence-corrected chi connectivity index (χ0v) is 19.8. The van der Waals surface area contributed by atoms with Crippen LogP contribution in [-0.4, -0.2) is 52.3 Å². The number of hydrogen-bond donors (Lipinski definition) is 3. The summed E-state index contributed by atoms with van der Waals surface area (Å²) in [6.45, 7) is 8.91. The van der Waals surface area contributed by atoms with E-state index in [1.807, 2.05) is 27.7 Å². The van der Waals surface area contributed by atoms with Gasteiger partial charge in [-0.05, 0) is 89.4 Å². The lowest BCUT2D eigenvalue weighted by molar-refractivity contribution is 0.0643. The fraction of sp³-hybridized carbons (Fsp3) is 0.440. The number of amidine groups is 1. The summed E-state index contributed by atoms with van der Waals surface area (Å²) in [6.07, 6.45) is 2.56. The van der Waals surface area contributed by atoms with Crippen molar-refractivity contribution in [1.29, 1.82) is 0 Å². The van der Waals surface area contributed by atoms with E-state index in [2.05, 4.69) is 5.16 Å². The molecule has 0 radical (unpaired) electrons. The number of phenols is 1. The van der Waals surface area contributed by atoms with Gasteiger partial charge in [-0.2, -0.15) is 0 Å². The first-order valence-corrected chi connectivity index (χ1v) is 11.2. The largest absolute Gasteiger partial charge is 0.504 e. The Kier molecular flexibility index (Phi) is 9.84. The first-order chi connectivity index (χ1) is 15.7. The molecule has 0 saturated carbocycles. The number of oxime groups is 1. The third kappa shape index (κ3) is 7.59. The Morgan fingerprint density at radius 2 is 1.52 bits per heavy atom. The summed E-state index contributed by atoms with van der Waals surface area (Å²) in [5, 5.41) is 21.9. The lowest BCUT2D eigenvalue weighted by Gasteiger charge is -2.31. The molecule has 0 aromatic heterocycles. The third-order valence-electron chi connectivity index (χ3n) is 5.13. The second-order valence-corrected chi connectivity index (χ2v) is 8.35.